The lowest BCUT2D eigenvalue weighted by molar-refractivity contribution is -0.120. The highest BCUT2D eigenvalue weighted by Gasteiger charge is 2.33. The minimum absolute atomic E-state index is 0.0368. The van der Waals surface area contributed by atoms with Crippen LogP contribution in [0, 0.1) is 0 Å². The van der Waals surface area contributed by atoms with Gasteiger partial charge in [-0.05, 0) is 18.9 Å². The maximum atomic E-state index is 12.4. The number of benzene rings is 1. The van der Waals surface area contributed by atoms with Crippen LogP contribution in [0.3, 0.4) is 0 Å². The summed E-state index contributed by atoms with van der Waals surface area (Å²) in [5.41, 5.74) is 1.84. The summed E-state index contributed by atoms with van der Waals surface area (Å²) in [6.07, 6.45) is 4.22. The van der Waals surface area contributed by atoms with E-state index in [2.05, 4.69) is 0 Å². The summed E-state index contributed by atoms with van der Waals surface area (Å²) in [6.45, 7) is 1.62. The smallest absolute Gasteiger partial charge is 0.232 e. The quantitative estimate of drug-likeness (QED) is 0.784. The van der Waals surface area contributed by atoms with Crippen LogP contribution in [0.25, 0.3) is 0 Å². The van der Waals surface area contributed by atoms with Gasteiger partial charge in [0.15, 0.2) is 0 Å². The number of carbonyl (C=O) groups is 2. The molecule has 0 atom stereocenters. The molecule has 0 unspecified atom stereocenters. The number of rotatable bonds is 5. The van der Waals surface area contributed by atoms with Crippen LogP contribution in [-0.4, -0.2) is 25.8 Å². The molecule has 0 N–H and O–H groups in total. The van der Waals surface area contributed by atoms with Crippen LogP contribution in [0.15, 0.2) is 65.1 Å². The molecule has 114 valence electrons. The first-order valence-corrected chi connectivity index (χ1v) is 6.93. The third-order valence-electron chi connectivity index (χ3n) is 3.50. The van der Waals surface area contributed by atoms with E-state index in [1.54, 1.807) is 13.0 Å². The maximum absolute atomic E-state index is 12.4. The van der Waals surface area contributed by atoms with Crippen LogP contribution in [0.4, 0.5) is 0 Å². The lowest BCUT2D eigenvalue weighted by Crippen LogP contribution is -2.24. The molecular formula is C18H18O4. The van der Waals surface area contributed by atoms with Crippen LogP contribution >= 0.6 is 0 Å². The van der Waals surface area contributed by atoms with Gasteiger partial charge in [0.1, 0.15) is 0 Å². The Morgan fingerprint density at radius 3 is 2.14 bits per heavy atom. The molecule has 2 rings (SSSR count). The zero-order valence-electron chi connectivity index (χ0n) is 12.9. The highest BCUT2D eigenvalue weighted by atomic mass is 16.5. The Morgan fingerprint density at radius 2 is 1.55 bits per heavy atom. The topological polar surface area (TPSA) is 52.6 Å². The summed E-state index contributed by atoms with van der Waals surface area (Å²) in [5, 5.41) is 0. The molecule has 1 aromatic carbocycles. The number of ketones is 2. The van der Waals surface area contributed by atoms with E-state index in [9.17, 15) is 9.59 Å². The molecule has 1 aliphatic carbocycles. The number of ether oxygens (including phenoxy) is 2. The fraction of sp³-hybridized carbons (Fsp3) is 0.222. The predicted molar refractivity (Wildman–Crippen MR) is 83.0 cm³/mol. The lowest BCUT2D eigenvalue weighted by Gasteiger charge is -2.18. The first-order valence-electron chi connectivity index (χ1n) is 6.93. The number of hydrogen-bond acceptors (Lipinski definition) is 4. The average molecular weight is 298 g/mol. The molecule has 0 amide bonds. The van der Waals surface area contributed by atoms with Crippen LogP contribution in [0.2, 0.25) is 0 Å². The second-order valence-corrected chi connectivity index (χ2v) is 4.86. The molecule has 1 aromatic rings. The zero-order valence-corrected chi connectivity index (χ0v) is 12.9. The minimum Gasteiger partial charge on any atom is -0.489 e. The summed E-state index contributed by atoms with van der Waals surface area (Å²) < 4.78 is 10.0. The van der Waals surface area contributed by atoms with Crippen molar-refractivity contribution in [2.75, 3.05) is 14.2 Å². The summed E-state index contributed by atoms with van der Waals surface area (Å²) in [7, 11) is 2.70. The van der Waals surface area contributed by atoms with Gasteiger partial charge in [0.2, 0.25) is 23.1 Å². The van der Waals surface area contributed by atoms with Gasteiger partial charge in [0, 0.05) is 11.1 Å². The van der Waals surface area contributed by atoms with Gasteiger partial charge in [0.05, 0.1) is 14.2 Å². The number of Topliss-reactive ketones (excluding diaryl/α,β-unsaturated/α-hetero) is 2. The molecule has 0 aliphatic heterocycles. The van der Waals surface area contributed by atoms with Crippen molar-refractivity contribution in [3.05, 3.63) is 70.7 Å². The standard InChI is InChI=1S/C18H18O4/c1-12-14(11-7-10-13-8-5-4-6-9-13)16(20)18(22-3)17(21-2)15(12)19/h4-9,11H,10H2,1-3H3. The number of carbonyl (C=O) groups excluding carboxylic acids is 2. The molecule has 1 aliphatic rings. The average Bonchev–Trinajstić information content (AvgIpc) is 2.54. The molecule has 0 saturated carbocycles. The number of hydrogen-bond donors (Lipinski definition) is 0. The van der Waals surface area contributed by atoms with Crippen molar-refractivity contribution in [2.24, 2.45) is 0 Å². The Bertz CT molecular complexity index is 678. The van der Waals surface area contributed by atoms with Crippen molar-refractivity contribution in [3.8, 4) is 0 Å². The van der Waals surface area contributed by atoms with Gasteiger partial charge < -0.3 is 9.47 Å². The van der Waals surface area contributed by atoms with Crippen LogP contribution in [-0.2, 0) is 25.5 Å². The van der Waals surface area contributed by atoms with Crippen molar-refractivity contribution in [1.29, 1.82) is 0 Å². The number of allylic oxidation sites excluding steroid dienone is 4. The van der Waals surface area contributed by atoms with E-state index in [1.165, 1.54) is 14.2 Å². The van der Waals surface area contributed by atoms with E-state index >= 15 is 0 Å². The van der Waals surface area contributed by atoms with Crippen molar-refractivity contribution in [2.45, 2.75) is 13.3 Å². The third-order valence-corrected chi connectivity index (χ3v) is 3.50. The van der Waals surface area contributed by atoms with Crippen molar-refractivity contribution >= 4 is 11.6 Å². The summed E-state index contributed by atoms with van der Waals surface area (Å²) >= 11 is 0. The van der Waals surface area contributed by atoms with E-state index in [0.717, 1.165) is 5.56 Å². The van der Waals surface area contributed by atoms with Crippen LogP contribution in [0.5, 0.6) is 0 Å². The minimum atomic E-state index is -0.333. The Balaban J connectivity index is 2.25. The fourth-order valence-electron chi connectivity index (χ4n) is 2.29. The van der Waals surface area contributed by atoms with E-state index < -0.39 is 0 Å². The van der Waals surface area contributed by atoms with Crippen molar-refractivity contribution in [1.82, 2.24) is 0 Å². The SMILES string of the molecule is COC1=C(OC)C(=O)C(C=CCc2ccccc2)=C(C)C1=O. The molecule has 0 saturated heterocycles. The zero-order chi connectivity index (χ0) is 16.1. The Morgan fingerprint density at radius 1 is 0.955 bits per heavy atom. The molecule has 0 aromatic heterocycles. The molecule has 0 fully saturated rings. The molecular weight excluding hydrogens is 280 g/mol. The molecule has 0 heterocycles. The van der Waals surface area contributed by atoms with Gasteiger partial charge in [-0.15, -0.1) is 0 Å². The van der Waals surface area contributed by atoms with E-state index in [1.807, 2.05) is 36.4 Å². The summed E-state index contributed by atoms with van der Waals surface area (Å²) in [5.74, 6) is -0.734. The second-order valence-electron chi connectivity index (χ2n) is 4.86. The van der Waals surface area contributed by atoms with Gasteiger partial charge in [-0.3, -0.25) is 9.59 Å². The van der Waals surface area contributed by atoms with E-state index in [4.69, 9.17) is 9.47 Å². The normalized spacial score (nSPS) is 15.8. The monoisotopic (exact) mass is 298 g/mol. The highest BCUT2D eigenvalue weighted by molar-refractivity contribution is 6.24. The van der Waals surface area contributed by atoms with Gasteiger partial charge in [0.25, 0.3) is 0 Å². The van der Waals surface area contributed by atoms with Gasteiger partial charge >= 0.3 is 0 Å². The van der Waals surface area contributed by atoms with Crippen molar-refractivity contribution in [3.63, 3.8) is 0 Å². The highest BCUT2D eigenvalue weighted by Crippen LogP contribution is 2.26. The number of methoxy groups -OCH3 is 2. The lowest BCUT2D eigenvalue weighted by atomic mass is 9.92. The predicted octanol–water partition coefficient (Wildman–Crippen LogP) is 2.76. The molecule has 0 bridgehead atoms. The summed E-state index contributed by atoms with van der Waals surface area (Å²) in [4.78, 5) is 24.6. The largest absolute Gasteiger partial charge is 0.489 e. The molecule has 0 spiro atoms. The third kappa shape index (κ3) is 3.01. The van der Waals surface area contributed by atoms with Gasteiger partial charge in [-0.1, -0.05) is 42.5 Å². The van der Waals surface area contributed by atoms with Gasteiger partial charge in [-0.25, -0.2) is 0 Å². The summed E-state index contributed by atoms with van der Waals surface area (Å²) in [6, 6.07) is 9.87. The molecule has 0 radical (unpaired) electrons. The van der Waals surface area contributed by atoms with E-state index in [-0.39, 0.29) is 23.1 Å². The van der Waals surface area contributed by atoms with Gasteiger partial charge in [-0.2, -0.15) is 0 Å². The Hall–Kier alpha value is -2.62. The second kappa shape index (κ2) is 6.89. The molecule has 4 nitrogen and oxygen atoms in total. The van der Waals surface area contributed by atoms with Crippen LogP contribution < -0.4 is 0 Å². The Kier molecular flexibility index (Phi) is 4.94. The first-order chi connectivity index (χ1) is 10.6. The molecule has 4 heteroatoms. The maximum Gasteiger partial charge on any atom is 0.232 e. The fourth-order valence-corrected chi connectivity index (χ4v) is 2.29. The van der Waals surface area contributed by atoms with Crippen LogP contribution in [0.1, 0.15) is 12.5 Å². The molecule has 22 heavy (non-hydrogen) atoms. The van der Waals surface area contributed by atoms with E-state index in [0.29, 0.717) is 17.6 Å². The first kappa shape index (κ1) is 15.8. The van der Waals surface area contributed by atoms with Crippen molar-refractivity contribution < 1.29 is 19.1 Å². The Labute approximate surface area is 129 Å².